The number of carbonyl (C=O) groups is 1. The number of thioether (sulfide) groups is 1. The maximum absolute atomic E-state index is 13.3. The zero-order valence-electron chi connectivity index (χ0n) is 13.8. The van der Waals surface area contributed by atoms with Gasteiger partial charge < -0.3 is 5.32 Å². The first-order valence-corrected chi connectivity index (χ1v) is 9.77. The lowest BCUT2D eigenvalue weighted by Gasteiger charge is -2.04. The van der Waals surface area contributed by atoms with Crippen LogP contribution in [-0.4, -0.2) is 26.4 Å². The quantitative estimate of drug-likeness (QED) is 0.261. The fourth-order valence-electron chi connectivity index (χ4n) is 2.12. The van der Waals surface area contributed by atoms with Gasteiger partial charge in [0.15, 0.2) is 8.29 Å². The van der Waals surface area contributed by atoms with E-state index >= 15 is 0 Å². The highest BCUT2D eigenvalue weighted by molar-refractivity contribution is 8.01. The molecular weight excluding hydrogens is 430 g/mol. The first kappa shape index (κ1) is 20.0. The molecule has 144 valence electrons. The van der Waals surface area contributed by atoms with Crippen LogP contribution < -0.4 is 5.32 Å². The molecule has 12 heteroatoms. The summed E-state index contributed by atoms with van der Waals surface area (Å²) < 4.78 is 28.8. The van der Waals surface area contributed by atoms with Gasteiger partial charge in [0.25, 0.3) is 0 Å². The standard InChI is InChI=1S/C16H10F2N4O3S3/c17-9-1-4-11(5-2-9)21-16(26)28-15(20-21)27-8-14(23)19-10-3-6-12(18)13(7-10)22(24)25/h1-7H,8H2,(H,19,23). The lowest BCUT2D eigenvalue weighted by Crippen LogP contribution is -2.14. The number of halogens is 2. The van der Waals surface area contributed by atoms with Gasteiger partial charge >= 0.3 is 5.69 Å². The molecule has 1 N–H and O–H groups in total. The number of aromatic nitrogens is 2. The van der Waals surface area contributed by atoms with Crippen molar-refractivity contribution in [3.8, 4) is 5.69 Å². The molecule has 28 heavy (non-hydrogen) atoms. The molecule has 0 unspecified atom stereocenters. The van der Waals surface area contributed by atoms with E-state index in [1.807, 2.05) is 0 Å². The molecule has 0 fully saturated rings. The van der Waals surface area contributed by atoms with Crippen molar-refractivity contribution in [1.29, 1.82) is 0 Å². The van der Waals surface area contributed by atoms with Crippen LogP contribution in [0.5, 0.6) is 0 Å². The number of nitrogens with one attached hydrogen (secondary N) is 1. The summed E-state index contributed by atoms with van der Waals surface area (Å²) in [5.41, 5.74) is -0.0118. The molecule has 7 nitrogen and oxygen atoms in total. The molecule has 0 spiro atoms. The van der Waals surface area contributed by atoms with Crippen molar-refractivity contribution >= 4 is 52.6 Å². The molecule has 3 rings (SSSR count). The second kappa shape index (κ2) is 8.54. The number of hydrogen-bond acceptors (Lipinski definition) is 7. The van der Waals surface area contributed by atoms with Crippen LogP contribution in [0, 0.1) is 25.7 Å². The van der Waals surface area contributed by atoms with Crippen LogP contribution in [0.2, 0.25) is 0 Å². The Kier molecular flexibility index (Phi) is 6.11. The molecule has 0 saturated carbocycles. The SMILES string of the molecule is O=C(CSc1nn(-c2ccc(F)cc2)c(=S)s1)Nc1ccc(F)c([N+](=O)[O-])c1. The summed E-state index contributed by atoms with van der Waals surface area (Å²) in [6.07, 6.45) is 0. The van der Waals surface area contributed by atoms with Gasteiger partial charge in [-0.05, 0) is 48.6 Å². The van der Waals surface area contributed by atoms with Gasteiger partial charge in [-0.2, -0.15) is 4.39 Å². The zero-order chi connectivity index (χ0) is 20.3. The average molecular weight is 440 g/mol. The maximum Gasteiger partial charge on any atom is 0.306 e. The van der Waals surface area contributed by atoms with Crippen LogP contribution in [0.4, 0.5) is 20.2 Å². The van der Waals surface area contributed by atoms with E-state index in [0.717, 1.165) is 23.9 Å². The van der Waals surface area contributed by atoms with Gasteiger partial charge in [0.05, 0.1) is 16.4 Å². The smallest absolute Gasteiger partial charge is 0.306 e. The van der Waals surface area contributed by atoms with Gasteiger partial charge in [0.1, 0.15) is 5.82 Å². The van der Waals surface area contributed by atoms with E-state index in [9.17, 15) is 23.7 Å². The fourth-order valence-corrected chi connectivity index (χ4v) is 4.28. The van der Waals surface area contributed by atoms with Crippen LogP contribution in [0.25, 0.3) is 5.69 Å². The summed E-state index contributed by atoms with van der Waals surface area (Å²) >= 11 is 7.54. The van der Waals surface area contributed by atoms with Gasteiger partial charge in [-0.3, -0.25) is 14.9 Å². The van der Waals surface area contributed by atoms with Crippen molar-refractivity contribution in [1.82, 2.24) is 9.78 Å². The van der Waals surface area contributed by atoms with Crippen LogP contribution in [-0.2, 0) is 4.79 Å². The second-order valence-corrected chi connectivity index (χ2v) is 8.13. The fraction of sp³-hybridized carbons (Fsp3) is 0.0625. The van der Waals surface area contributed by atoms with E-state index in [4.69, 9.17) is 12.2 Å². The lowest BCUT2D eigenvalue weighted by atomic mass is 10.2. The highest BCUT2D eigenvalue weighted by Crippen LogP contribution is 2.25. The molecule has 0 radical (unpaired) electrons. The molecule has 0 aliphatic heterocycles. The molecule has 0 aliphatic rings. The van der Waals surface area contributed by atoms with Crippen molar-refractivity contribution in [3.63, 3.8) is 0 Å². The predicted octanol–water partition coefficient (Wildman–Crippen LogP) is 4.58. The largest absolute Gasteiger partial charge is 0.325 e. The topological polar surface area (TPSA) is 90.1 Å². The summed E-state index contributed by atoms with van der Waals surface area (Å²) in [5, 5.41) is 17.5. The van der Waals surface area contributed by atoms with Gasteiger partial charge in [0, 0.05) is 11.8 Å². The van der Waals surface area contributed by atoms with Crippen molar-refractivity contribution in [2.75, 3.05) is 11.1 Å². The Bertz CT molecular complexity index is 1100. The predicted molar refractivity (Wildman–Crippen MR) is 105 cm³/mol. The Hall–Kier alpha value is -2.70. The lowest BCUT2D eigenvalue weighted by molar-refractivity contribution is -0.387. The third kappa shape index (κ3) is 4.77. The zero-order valence-corrected chi connectivity index (χ0v) is 16.2. The number of hydrogen-bond donors (Lipinski definition) is 1. The summed E-state index contributed by atoms with van der Waals surface area (Å²) in [7, 11) is 0. The number of nitro groups is 1. The van der Waals surface area contributed by atoms with E-state index in [-0.39, 0.29) is 17.3 Å². The highest BCUT2D eigenvalue weighted by Gasteiger charge is 2.16. The van der Waals surface area contributed by atoms with Gasteiger partial charge in [-0.15, -0.1) is 5.10 Å². The highest BCUT2D eigenvalue weighted by atomic mass is 32.2. The molecule has 1 amide bonds. The molecule has 2 aromatic carbocycles. The molecular formula is C16H10F2N4O3S3. The summed E-state index contributed by atoms with van der Waals surface area (Å²) in [6.45, 7) is 0. The Labute approximate surface area is 170 Å². The number of nitro benzene ring substituents is 1. The molecule has 1 aromatic heterocycles. The van der Waals surface area contributed by atoms with E-state index in [0.29, 0.717) is 14.0 Å². The molecule has 0 atom stereocenters. The number of carbonyl (C=O) groups excluding carboxylic acids is 1. The van der Waals surface area contributed by atoms with E-state index < -0.39 is 22.3 Å². The Balaban J connectivity index is 1.65. The summed E-state index contributed by atoms with van der Waals surface area (Å²) in [4.78, 5) is 21.9. The average Bonchev–Trinajstić information content (AvgIpc) is 3.03. The number of nitrogens with zero attached hydrogens (tertiary/aromatic N) is 3. The van der Waals surface area contributed by atoms with Crippen LogP contribution in [0.3, 0.4) is 0 Å². The Morgan fingerprint density at radius 3 is 2.68 bits per heavy atom. The second-order valence-electron chi connectivity index (χ2n) is 5.28. The molecule has 1 heterocycles. The van der Waals surface area contributed by atoms with Crippen LogP contribution in [0.1, 0.15) is 0 Å². The van der Waals surface area contributed by atoms with E-state index in [1.54, 1.807) is 0 Å². The van der Waals surface area contributed by atoms with Crippen molar-refractivity contribution in [3.05, 3.63) is 68.2 Å². The third-order valence-corrected chi connectivity index (χ3v) is 5.72. The Morgan fingerprint density at radius 1 is 1.29 bits per heavy atom. The number of amides is 1. The van der Waals surface area contributed by atoms with Gasteiger partial charge in [-0.1, -0.05) is 23.1 Å². The molecule has 3 aromatic rings. The summed E-state index contributed by atoms with van der Waals surface area (Å²) in [6, 6.07) is 8.75. The minimum Gasteiger partial charge on any atom is -0.325 e. The van der Waals surface area contributed by atoms with E-state index in [2.05, 4.69) is 10.4 Å². The normalized spacial score (nSPS) is 10.6. The van der Waals surface area contributed by atoms with Crippen molar-refractivity contribution in [2.24, 2.45) is 0 Å². The molecule has 0 saturated heterocycles. The first-order chi connectivity index (χ1) is 13.3. The van der Waals surface area contributed by atoms with E-state index in [1.165, 1.54) is 46.4 Å². The molecule has 0 aliphatic carbocycles. The third-order valence-electron chi connectivity index (χ3n) is 3.35. The van der Waals surface area contributed by atoms with Gasteiger partial charge in [0.2, 0.25) is 11.7 Å². The first-order valence-electron chi connectivity index (χ1n) is 7.56. The Morgan fingerprint density at radius 2 is 2.00 bits per heavy atom. The number of benzene rings is 2. The summed E-state index contributed by atoms with van der Waals surface area (Å²) in [5.74, 6) is -1.83. The van der Waals surface area contributed by atoms with Crippen LogP contribution >= 0.6 is 35.3 Å². The maximum atomic E-state index is 13.3. The number of rotatable bonds is 6. The minimum atomic E-state index is -0.983. The van der Waals surface area contributed by atoms with Gasteiger partial charge in [-0.25, -0.2) is 9.07 Å². The number of anilines is 1. The monoisotopic (exact) mass is 440 g/mol. The van der Waals surface area contributed by atoms with Crippen LogP contribution in [0.15, 0.2) is 46.8 Å². The minimum absolute atomic E-state index is 0.0309. The van der Waals surface area contributed by atoms with Crippen molar-refractivity contribution in [2.45, 2.75) is 4.34 Å². The molecule has 0 bridgehead atoms. The van der Waals surface area contributed by atoms with Crippen molar-refractivity contribution < 1.29 is 18.5 Å².